The van der Waals surface area contributed by atoms with Gasteiger partial charge in [-0.15, -0.1) is 0 Å². The Balaban J connectivity index is 0.000000588. The van der Waals surface area contributed by atoms with Crippen molar-refractivity contribution in [3.05, 3.63) is 108 Å². The lowest BCUT2D eigenvalue weighted by Crippen LogP contribution is -2.16. The first-order valence-electron chi connectivity index (χ1n) is 11.2. The lowest BCUT2D eigenvalue weighted by molar-refractivity contribution is -0.124. The van der Waals surface area contributed by atoms with E-state index in [0.29, 0.717) is 0 Å². The minimum absolute atomic E-state index is 0.544. The van der Waals surface area contributed by atoms with Gasteiger partial charge in [-0.3, -0.25) is 10.0 Å². The molecule has 0 bridgehead atoms. The zero-order valence-corrected chi connectivity index (χ0v) is 19.3. The Bertz CT molecular complexity index is 1290. The van der Waals surface area contributed by atoms with Crippen LogP contribution in [0.3, 0.4) is 0 Å². The second-order valence-corrected chi connectivity index (χ2v) is 7.64. The second kappa shape index (κ2) is 12.9. The molecule has 0 saturated carbocycles. The number of hydrogen-bond donors (Lipinski definition) is 4. The van der Waals surface area contributed by atoms with Gasteiger partial charge in [0.25, 0.3) is 5.91 Å². The van der Waals surface area contributed by atoms with Gasteiger partial charge in [0.1, 0.15) is 5.65 Å². The smallest absolute Gasteiger partial charge is 0.267 e. The fourth-order valence-electron chi connectivity index (χ4n) is 3.49. The van der Waals surface area contributed by atoms with Crippen molar-refractivity contribution >= 4 is 33.9 Å². The van der Waals surface area contributed by atoms with Gasteiger partial charge in [-0.2, -0.15) is 0 Å². The van der Waals surface area contributed by atoms with Gasteiger partial charge in [0.05, 0.1) is 0 Å². The van der Waals surface area contributed by atoms with E-state index in [4.69, 9.17) is 5.21 Å². The van der Waals surface area contributed by atoms with Gasteiger partial charge in [0.2, 0.25) is 0 Å². The van der Waals surface area contributed by atoms with E-state index in [2.05, 4.69) is 46.1 Å². The van der Waals surface area contributed by atoms with Crippen LogP contribution < -0.4 is 10.8 Å². The van der Waals surface area contributed by atoms with Gasteiger partial charge in [-0.05, 0) is 66.9 Å². The third-order valence-electron chi connectivity index (χ3n) is 5.20. The maximum atomic E-state index is 11.0. The Labute approximate surface area is 199 Å². The fraction of sp³-hybridized carbons (Fsp3) is 0.143. The number of carbonyl (C=O) groups excluding carboxylic acids is 1. The monoisotopic (exact) mass is 454 g/mol. The Morgan fingerprint density at radius 2 is 1.91 bits per heavy atom. The Morgan fingerprint density at radius 3 is 2.62 bits per heavy atom. The number of nitrogens with one attached hydrogen (secondary N) is 3. The summed E-state index contributed by atoms with van der Waals surface area (Å²) in [4.78, 5) is 18.7. The third-order valence-corrected chi connectivity index (χ3v) is 5.20. The Morgan fingerprint density at radius 1 is 1.12 bits per heavy atom. The molecule has 0 aliphatic heterocycles. The molecule has 4 aromatic rings. The first-order valence-corrected chi connectivity index (χ1v) is 11.2. The van der Waals surface area contributed by atoms with Crippen LogP contribution in [0.1, 0.15) is 23.6 Å². The summed E-state index contributed by atoms with van der Waals surface area (Å²) in [6, 6.07) is 18.5. The van der Waals surface area contributed by atoms with Gasteiger partial charge >= 0.3 is 0 Å². The second-order valence-electron chi connectivity index (χ2n) is 7.64. The van der Waals surface area contributed by atoms with E-state index < -0.39 is 5.91 Å². The quantitative estimate of drug-likeness (QED) is 0.0954. The Hall–Kier alpha value is -4.00. The standard InChI is InChI=1S/C23H22N4O2.C5H8/c28-22(27-29)10-8-16-3-5-18(6-4-16)15-24-13-11-17-7-9-21-20(14-17)19-2-1-12-25-23(19)26-21;1-3-5-4-2/h1-10,12,14,24,29H,11,13,15H2,(H,25,26)(H,27,28);3-5H,1H2,2H3/b10-8+;5-4-. The average molecular weight is 455 g/mol. The highest BCUT2D eigenvalue weighted by atomic mass is 16.5. The lowest BCUT2D eigenvalue weighted by Gasteiger charge is -2.06. The molecule has 0 saturated heterocycles. The van der Waals surface area contributed by atoms with Crippen molar-refractivity contribution in [3.63, 3.8) is 0 Å². The Kier molecular flexibility index (Phi) is 9.34. The molecule has 2 aromatic carbocycles. The average Bonchev–Trinajstić information content (AvgIpc) is 3.25. The predicted octanol–water partition coefficient (Wildman–Crippen LogP) is 5.32. The van der Waals surface area contributed by atoms with Crippen molar-refractivity contribution in [2.75, 3.05) is 6.54 Å². The molecule has 0 spiro atoms. The maximum Gasteiger partial charge on any atom is 0.267 e. The van der Waals surface area contributed by atoms with Crippen LogP contribution in [0.25, 0.3) is 28.0 Å². The normalized spacial score (nSPS) is 11.1. The van der Waals surface area contributed by atoms with Crippen molar-refractivity contribution in [2.45, 2.75) is 19.9 Å². The number of H-pyrrole nitrogens is 1. The van der Waals surface area contributed by atoms with Gasteiger partial charge in [0.15, 0.2) is 0 Å². The summed E-state index contributed by atoms with van der Waals surface area (Å²) in [7, 11) is 0. The SMILES string of the molecule is C=C/C=C\C.O=C(/C=C/c1ccc(CNCCc2ccc3[nH]c4ncccc4c3c2)cc1)NO. The summed E-state index contributed by atoms with van der Waals surface area (Å²) in [6.45, 7) is 7.08. The molecule has 0 aliphatic carbocycles. The van der Waals surface area contributed by atoms with Crippen LogP contribution in [0, 0.1) is 0 Å². The maximum absolute atomic E-state index is 11.0. The van der Waals surface area contributed by atoms with E-state index in [0.717, 1.165) is 41.6 Å². The van der Waals surface area contributed by atoms with Crippen molar-refractivity contribution in [1.82, 2.24) is 20.8 Å². The van der Waals surface area contributed by atoms with Gasteiger partial charge in [-0.1, -0.05) is 55.1 Å². The number of carbonyl (C=O) groups is 1. The number of aromatic nitrogens is 2. The van der Waals surface area contributed by atoms with Crippen molar-refractivity contribution < 1.29 is 10.0 Å². The summed E-state index contributed by atoms with van der Waals surface area (Å²) in [5.41, 5.74) is 6.97. The number of amides is 1. The minimum Gasteiger partial charge on any atom is -0.339 e. The number of benzene rings is 2. The minimum atomic E-state index is -0.544. The zero-order chi connectivity index (χ0) is 24.2. The van der Waals surface area contributed by atoms with Crippen molar-refractivity contribution in [2.24, 2.45) is 0 Å². The summed E-state index contributed by atoms with van der Waals surface area (Å²) in [5, 5.41) is 14.3. The summed E-state index contributed by atoms with van der Waals surface area (Å²) < 4.78 is 0. The van der Waals surface area contributed by atoms with E-state index in [1.165, 1.54) is 22.6 Å². The van der Waals surface area contributed by atoms with Gasteiger partial charge in [0, 0.05) is 35.1 Å². The molecule has 2 aromatic heterocycles. The highest BCUT2D eigenvalue weighted by molar-refractivity contribution is 6.05. The van der Waals surface area contributed by atoms with Crippen LogP contribution in [0.2, 0.25) is 0 Å². The van der Waals surface area contributed by atoms with Crippen molar-refractivity contribution in [3.8, 4) is 0 Å². The topological polar surface area (TPSA) is 90.0 Å². The number of allylic oxidation sites excluding steroid dienone is 3. The molecule has 4 N–H and O–H groups in total. The lowest BCUT2D eigenvalue weighted by atomic mass is 10.1. The summed E-state index contributed by atoms with van der Waals surface area (Å²) >= 11 is 0. The number of hydrogen-bond acceptors (Lipinski definition) is 4. The molecule has 0 aliphatic rings. The molecular weight excluding hydrogens is 424 g/mol. The molecule has 0 unspecified atom stereocenters. The molecular formula is C28H30N4O2. The number of hydroxylamine groups is 1. The van der Waals surface area contributed by atoms with E-state index in [1.54, 1.807) is 23.8 Å². The first-order chi connectivity index (χ1) is 16.6. The first kappa shape index (κ1) is 24.6. The number of pyridine rings is 1. The molecule has 6 heteroatoms. The molecule has 4 rings (SSSR count). The molecule has 6 nitrogen and oxygen atoms in total. The number of fused-ring (bicyclic) bond motifs is 3. The molecule has 34 heavy (non-hydrogen) atoms. The largest absolute Gasteiger partial charge is 0.339 e. The van der Waals surface area contributed by atoms with E-state index in [-0.39, 0.29) is 0 Å². The number of aromatic amines is 1. The van der Waals surface area contributed by atoms with E-state index in [1.807, 2.05) is 49.4 Å². The van der Waals surface area contributed by atoms with Crippen molar-refractivity contribution in [1.29, 1.82) is 0 Å². The summed E-state index contributed by atoms with van der Waals surface area (Å²) in [5.74, 6) is -0.544. The van der Waals surface area contributed by atoms with E-state index in [9.17, 15) is 4.79 Å². The zero-order valence-electron chi connectivity index (χ0n) is 19.3. The van der Waals surface area contributed by atoms with E-state index >= 15 is 0 Å². The van der Waals surface area contributed by atoms with Crippen LogP contribution in [0.4, 0.5) is 0 Å². The molecule has 2 heterocycles. The fourth-order valence-corrected chi connectivity index (χ4v) is 3.49. The highest BCUT2D eigenvalue weighted by Gasteiger charge is 2.05. The molecule has 0 fully saturated rings. The number of nitrogens with zero attached hydrogens (tertiary/aromatic N) is 1. The molecule has 1 amide bonds. The highest BCUT2D eigenvalue weighted by Crippen LogP contribution is 2.24. The molecule has 0 radical (unpaired) electrons. The number of rotatable bonds is 8. The van der Waals surface area contributed by atoms with Gasteiger partial charge < -0.3 is 10.3 Å². The van der Waals surface area contributed by atoms with Gasteiger partial charge in [-0.25, -0.2) is 10.5 Å². The predicted molar refractivity (Wildman–Crippen MR) is 139 cm³/mol. The third kappa shape index (κ3) is 7.00. The van der Waals surface area contributed by atoms with Crippen LogP contribution in [0.15, 0.2) is 91.7 Å². The summed E-state index contributed by atoms with van der Waals surface area (Å²) in [6.07, 6.45) is 11.3. The van der Waals surface area contributed by atoms with Crippen LogP contribution in [0.5, 0.6) is 0 Å². The molecule has 174 valence electrons. The van der Waals surface area contributed by atoms with Crippen LogP contribution in [-0.2, 0) is 17.8 Å². The molecule has 0 atom stereocenters. The van der Waals surface area contributed by atoms with Crippen LogP contribution in [-0.4, -0.2) is 27.6 Å². The van der Waals surface area contributed by atoms with Crippen LogP contribution >= 0.6 is 0 Å².